The van der Waals surface area contributed by atoms with Crippen molar-refractivity contribution in [3.8, 4) is 39.7 Å². The molecule has 2 aromatic carbocycles. The van der Waals surface area contributed by atoms with Gasteiger partial charge < -0.3 is 9.72 Å². The number of benzene rings is 2. The fourth-order valence-corrected chi connectivity index (χ4v) is 4.11. The molecule has 6 nitrogen and oxygen atoms in total. The number of aromatic nitrogens is 5. The number of halogens is 1. The zero-order valence-corrected chi connectivity index (χ0v) is 17.6. The molecule has 0 spiro atoms. The molecule has 6 rings (SSSR count). The van der Waals surface area contributed by atoms with E-state index < -0.39 is 0 Å². The first-order valence-corrected chi connectivity index (χ1v) is 10.4. The van der Waals surface area contributed by atoms with Gasteiger partial charge in [-0.3, -0.25) is 10.1 Å². The standard InChI is InChI=1S/C26H18FN5O/c1-33-17-12-15(11-16(27)13-17)18-5-4-7-20-19(18)14-24(29-20)26-25-23(31-32-26)9-8-22(30-25)21-6-2-3-10-28-21/h2-14,29H,1H3,(H,31,32). The summed E-state index contributed by atoms with van der Waals surface area (Å²) in [5.74, 6) is 0.129. The first kappa shape index (κ1) is 19.2. The molecule has 0 unspecified atom stereocenters. The number of H-pyrrole nitrogens is 2. The van der Waals surface area contributed by atoms with Gasteiger partial charge in [-0.2, -0.15) is 5.10 Å². The van der Waals surface area contributed by atoms with Crippen LogP contribution in [-0.4, -0.2) is 32.3 Å². The van der Waals surface area contributed by atoms with Gasteiger partial charge in [0.25, 0.3) is 0 Å². The lowest BCUT2D eigenvalue weighted by molar-refractivity contribution is 0.411. The van der Waals surface area contributed by atoms with Gasteiger partial charge in [0.05, 0.1) is 29.7 Å². The second kappa shape index (κ2) is 7.56. The van der Waals surface area contributed by atoms with Crippen LogP contribution in [0, 0.1) is 5.82 Å². The summed E-state index contributed by atoms with van der Waals surface area (Å²) in [5, 5.41) is 8.54. The van der Waals surface area contributed by atoms with Gasteiger partial charge in [-0.15, -0.1) is 0 Å². The maximum Gasteiger partial charge on any atom is 0.135 e. The molecule has 7 heteroatoms. The van der Waals surface area contributed by atoms with Gasteiger partial charge in [0.15, 0.2) is 0 Å². The molecule has 33 heavy (non-hydrogen) atoms. The number of pyridine rings is 2. The highest BCUT2D eigenvalue weighted by molar-refractivity contribution is 6.00. The third kappa shape index (κ3) is 3.30. The summed E-state index contributed by atoms with van der Waals surface area (Å²) in [5.41, 5.74) is 7.24. The number of hydrogen-bond acceptors (Lipinski definition) is 4. The Morgan fingerprint density at radius 3 is 2.67 bits per heavy atom. The molecule has 0 bridgehead atoms. The number of aromatic amines is 2. The van der Waals surface area contributed by atoms with Crippen molar-refractivity contribution in [3.05, 3.63) is 84.8 Å². The fraction of sp³-hybridized carbons (Fsp3) is 0.0385. The highest BCUT2D eigenvalue weighted by atomic mass is 19.1. The molecule has 0 aliphatic carbocycles. The molecule has 0 atom stereocenters. The van der Waals surface area contributed by atoms with Gasteiger partial charge in [-0.25, -0.2) is 9.37 Å². The Kier molecular flexibility index (Phi) is 4.40. The maximum absolute atomic E-state index is 14.2. The van der Waals surface area contributed by atoms with E-state index in [1.807, 2.05) is 60.7 Å². The molecule has 6 aromatic rings. The Bertz CT molecular complexity index is 1620. The van der Waals surface area contributed by atoms with Crippen LogP contribution in [0.4, 0.5) is 4.39 Å². The predicted octanol–water partition coefficient (Wildman–Crippen LogP) is 5.98. The van der Waals surface area contributed by atoms with Crippen LogP contribution in [0.1, 0.15) is 0 Å². The largest absolute Gasteiger partial charge is 0.497 e. The van der Waals surface area contributed by atoms with Crippen molar-refractivity contribution < 1.29 is 9.13 Å². The maximum atomic E-state index is 14.2. The molecular formula is C26H18FN5O. The first-order chi connectivity index (χ1) is 16.2. The average Bonchev–Trinajstić information content (AvgIpc) is 3.47. The minimum atomic E-state index is -0.346. The third-order valence-electron chi connectivity index (χ3n) is 5.67. The molecule has 4 aromatic heterocycles. The SMILES string of the molecule is COc1cc(F)cc(-c2cccc3[nH]c(-c4n[nH]c5ccc(-c6ccccn6)nc45)cc23)c1. The Labute approximate surface area is 188 Å². The van der Waals surface area contributed by atoms with E-state index in [-0.39, 0.29) is 5.82 Å². The summed E-state index contributed by atoms with van der Waals surface area (Å²) in [6, 6.07) is 22.2. The second-order valence-electron chi connectivity index (χ2n) is 7.71. The summed E-state index contributed by atoms with van der Waals surface area (Å²) in [7, 11) is 1.53. The monoisotopic (exact) mass is 435 g/mol. The van der Waals surface area contributed by atoms with Crippen molar-refractivity contribution >= 4 is 21.9 Å². The summed E-state index contributed by atoms with van der Waals surface area (Å²) in [6.07, 6.45) is 1.75. The van der Waals surface area contributed by atoms with E-state index in [1.165, 1.54) is 19.2 Å². The molecule has 0 radical (unpaired) electrons. The molecule has 0 amide bonds. The zero-order valence-electron chi connectivity index (χ0n) is 17.6. The number of hydrogen-bond donors (Lipinski definition) is 2. The molecular weight excluding hydrogens is 417 g/mol. The minimum absolute atomic E-state index is 0.346. The molecule has 0 fully saturated rings. The fourth-order valence-electron chi connectivity index (χ4n) is 4.11. The topological polar surface area (TPSA) is 79.5 Å². The van der Waals surface area contributed by atoms with Crippen molar-refractivity contribution in [1.29, 1.82) is 0 Å². The average molecular weight is 435 g/mol. The zero-order chi connectivity index (χ0) is 22.4. The van der Waals surface area contributed by atoms with E-state index in [0.29, 0.717) is 11.4 Å². The van der Waals surface area contributed by atoms with Crippen LogP contribution >= 0.6 is 0 Å². The lowest BCUT2D eigenvalue weighted by atomic mass is 10.0. The van der Waals surface area contributed by atoms with Crippen LogP contribution in [0.2, 0.25) is 0 Å². The van der Waals surface area contributed by atoms with Gasteiger partial charge in [-0.1, -0.05) is 18.2 Å². The molecule has 0 saturated carbocycles. The third-order valence-corrected chi connectivity index (χ3v) is 5.67. The van der Waals surface area contributed by atoms with Gasteiger partial charge in [0.2, 0.25) is 0 Å². The number of ether oxygens (including phenoxy) is 1. The number of nitrogens with zero attached hydrogens (tertiary/aromatic N) is 3. The highest BCUT2D eigenvalue weighted by Crippen LogP contribution is 2.35. The van der Waals surface area contributed by atoms with Crippen LogP contribution in [0.15, 0.2) is 79.0 Å². The molecule has 4 heterocycles. The van der Waals surface area contributed by atoms with E-state index in [9.17, 15) is 4.39 Å². The van der Waals surface area contributed by atoms with Gasteiger partial charge in [0, 0.05) is 23.2 Å². The summed E-state index contributed by atoms with van der Waals surface area (Å²) in [6.45, 7) is 0. The Morgan fingerprint density at radius 1 is 0.879 bits per heavy atom. The lowest BCUT2D eigenvalue weighted by Crippen LogP contribution is -1.87. The second-order valence-corrected chi connectivity index (χ2v) is 7.71. The van der Waals surface area contributed by atoms with Crippen LogP contribution in [0.25, 0.3) is 55.8 Å². The smallest absolute Gasteiger partial charge is 0.135 e. The quantitative estimate of drug-likeness (QED) is 0.357. The summed E-state index contributed by atoms with van der Waals surface area (Å²) < 4.78 is 19.4. The number of fused-ring (bicyclic) bond motifs is 2. The van der Waals surface area contributed by atoms with Gasteiger partial charge >= 0.3 is 0 Å². The molecule has 160 valence electrons. The van der Waals surface area contributed by atoms with Gasteiger partial charge in [0.1, 0.15) is 22.8 Å². The number of nitrogens with one attached hydrogen (secondary N) is 2. The summed E-state index contributed by atoms with van der Waals surface area (Å²) in [4.78, 5) is 12.7. The van der Waals surface area contributed by atoms with Crippen LogP contribution < -0.4 is 4.74 Å². The van der Waals surface area contributed by atoms with E-state index >= 15 is 0 Å². The number of methoxy groups -OCH3 is 1. The number of rotatable bonds is 4. The lowest BCUT2D eigenvalue weighted by Gasteiger charge is -2.07. The summed E-state index contributed by atoms with van der Waals surface area (Å²) >= 11 is 0. The van der Waals surface area contributed by atoms with Crippen molar-refractivity contribution in [2.24, 2.45) is 0 Å². The molecule has 0 saturated heterocycles. The first-order valence-electron chi connectivity index (χ1n) is 10.4. The van der Waals surface area contributed by atoms with Crippen LogP contribution in [0.3, 0.4) is 0 Å². The highest BCUT2D eigenvalue weighted by Gasteiger charge is 2.16. The van der Waals surface area contributed by atoms with E-state index in [4.69, 9.17) is 9.72 Å². The Hall–Kier alpha value is -4.52. The normalized spacial score (nSPS) is 11.3. The molecule has 0 aliphatic heterocycles. The van der Waals surface area contributed by atoms with Crippen molar-refractivity contribution in [3.63, 3.8) is 0 Å². The van der Waals surface area contributed by atoms with E-state index in [1.54, 1.807) is 6.20 Å². The molecule has 0 aliphatic rings. The van der Waals surface area contributed by atoms with Crippen molar-refractivity contribution in [2.45, 2.75) is 0 Å². The van der Waals surface area contributed by atoms with Gasteiger partial charge in [-0.05, 0) is 59.7 Å². The Morgan fingerprint density at radius 2 is 1.82 bits per heavy atom. The van der Waals surface area contributed by atoms with Crippen molar-refractivity contribution in [1.82, 2.24) is 25.1 Å². The van der Waals surface area contributed by atoms with E-state index in [0.717, 1.165) is 50.1 Å². The van der Waals surface area contributed by atoms with Crippen molar-refractivity contribution in [2.75, 3.05) is 7.11 Å². The van der Waals surface area contributed by atoms with Crippen LogP contribution in [0.5, 0.6) is 5.75 Å². The molecule has 2 N–H and O–H groups in total. The predicted molar refractivity (Wildman–Crippen MR) is 126 cm³/mol. The van der Waals surface area contributed by atoms with E-state index in [2.05, 4.69) is 20.2 Å². The van der Waals surface area contributed by atoms with Crippen LogP contribution in [-0.2, 0) is 0 Å². The minimum Gasteiger partial charge on any atom is -0.497 e. The Balaban J connectivity index is 1.50.